The summed E-state index contributed by atoms with van der Waals surface area (Å²) in [6, 6.07) is 2.58. The highest BCUT2D eigenvalue weighted by Crippen LogP contribution is 2.70. The first kappa shape index (κ1) is 43.1. The number of pyridine rings is 1. The molecule has 3 fully saturated rings. The summed E-state index contributed by atoms with van der Waals surface area (Å²) in [6.07, 6.45) is -8.35. The van der Waals surface area contributed by atoms with Crippen LogP contribution in [0.4, 0.5) is 0 Å². The van der Waals surface area contributed by atoms with Crippen molar-refractivity contribution in [2.75, 3.05) is 13.2 Å². The minimum atomic E-state index is -2.94. The number of aliphatic hydroxyl groups excluding tert-OH is 1. The molecule has 4 aliphatic rings. The molecule has 13 atom stereocenters. The summed E-state index contributed by atoms with van der Waals surface area (Å²) in [7, 11) is 0. The largest absolute Gasteiger partial charge is 0.472 e. The third-order valence-electron chi connectivity index (χ3n) is 12.0. The molecular formula is C39H45NO19. The second-order valence-electron chi connectivity index (χ2n) is 15.8. The van der Waals surface area contributed by atoms with Gasteiger partial charge in [0.1, 0.15) is 60.5 Å². The van der Waals surface area contributed by atoms with Crippen molar-refractivity contribution in [3.05, 3.63) is 53.7 Å². The van der Waals surface area contributed by atoms with Gasteiger partial charge in [-0.2, -0.15) is 0 Å². The van der Waals surface area contributed by atoms with Gasteiger partial charge >= 0.3 is 41.8 Å². The Balaban J connectivity index is 1.76. The summed E-state index contributed by atoms with van der Waals surface area (Å²) in [6.45, 7) is 6.66. The summed E-state index contributed by atoms with van der Waals surface area (Å²) in [5.74, 6) is -10.9. The molecule has 0 aromatic carbocycles. The van der Waals surface area contributed by atoms with Gasteiger partial charge in [0.05, 0.1) is 23.3 Å². The van der Waals surface area contributed by atoms with E-state index in [-0.39, 0.29) is 16.7 Å². The van der Waals surface area contributed by atoms with Crippen molar-refractivity contribution in [2.24, 2.45) is 11.3 Å². The minimum Gasteiger partial charge on any atom is -0.472 e. The Bertz CT molecular complexity index is 2050. The van der Waals surface area contributed by atoms with Gasteiger partial charge in [0.2, 0.25) is 0 Å². The molecule has 0 amide bonds. The van der Waals surface area contributed by atoms with Crippen LogP contribution >= 0.6 is 0 Å². The zero-order valence-corrected chi connectivity index (χ0v) is 33.3. The lowest BCUT2D eigenvalue weighted by Crippen LogP contribution is -2.89. The van der Waals surface area contributed by atoms with E-state index >= 15 is 0 Å². The van der Waals surface area contributed by atoms with Crippen LogP contribution in [0, 0.1) is 11.3 Å². The van der Waals surface area contributed by atoms with E-state index in [1.165, 1.54) is 32.2 Å². The third kappa shape index (κ3) is 6.61. The molecule has 2 aliphatic carbocycles. The highest BCUT2D eigenvalue weighted by molar-refractivity contribution is 5.92. The monoisotopic (exact) mass is 831 g/mol. The van der Waals surface area contributed by atoms with Crippen LogP contribution in [-0.2, 0) is 61.9 Å². The summed E-state index contributed by atoms with van der Waals surface area (Å²) < 4.78 is 53.2. The van der Waals surface area contributed by atoms with Crippen molar-refractivity contribution in [1.29, 1.82) is 0 Å². The first-order valence-electron chi connectivity index (χ1n) is 18.5. The lowest BCUT2D eigenvalue weighted by molar-refractivity contribution is -0.387. The van der Waals surface area contributed by atoms with Crippen molar-refractivity contribution in [3.8, 4) is 0 Å². The van der Waals surface area contributed by atoms with Crippen LogP contribution < -0.4 is 0 Å². The Morgan fingerprint density at radius 3 is 2.10 bits per heavy atom. The quantitative estimate of drug-likeness (QED) is 0.252. The summed E-state index contributed by atoms with van der Waals surface area (Å²) in [5, 5.41) is 37.5. The molecule has 9 unspecified atom stereocenters. The number of aromatic nitrogens is 1. The van der Waals surface area contributed by atoms with Gasteiger partial charge < -0.3 is 57.6 Å². The van der Waals surface area contributed by atoms with Gasteiger partial charge in [0.25, 0.3) is 0 Å². The first-order chi connectivity index (χ1) is 27.5. The molecule has 1 spiro atoms. The number of cyclic esters (lactones) is 1. The number of rotatable bonds is 7. The highest BCUT2D eigenvalue weighted by Gasteiger charge is 2.91. The van der Waals surface area contributed by atoms with Crippen LogP contribution in [0.2, 0.25) is 0 Å². The van der Waals surface area contributed by atoms with Crippen molar-refractivity contribution < 1.29 is 91.2 Å². The zero-order chi connectivity index (χ0) is 43.6. The lowest BCUT2D eigenvalue weighted by Gasteiger charge is -2.67. The molecule has 6 rings (SSSR count). The van der Waals surface area contributed by atoms with E-state index in [4.69, 9.17) is 42.3 Å². The normalized spacial score (nSPS) is 38.7. The second-order valence-corrected chi connectivity index (χ2v) is 15.8. The number of fused-ring (bicyclic) bond motifs is 5. The Morgan fingerprint density at radius 2 is 1.51 bits per heavy atom. The number of carbonyl (C=O) groups excluding carboxylic acids is 7. The predicted molar refractivity (Wildman–Crippen MR) is 189 cm³/mol. The van der Waals surface area contributed by atoms with Crippen LogP contribution in [0.5, 0.6) is 0 Å². The van der Waals surface area contributed by atoms with Gasteiger partial charge in [-0.3, -0.25) is 24.2 Å². The van der Waals surface area contributed by atoms with Gasteiger partial charge in [0, 0.05) is 46.0 Å². The summed E-state index contributed by atoms with van der Waals surface area (Å²) >= 11 is 0. The van der Waals surface area contributed by atoms with E-state index in [2.05, 4.69) is 4.98 Å². The molecule has 2 aliphatic heterocycles. The topological polar surface area (TPSA) is 280 Å². The van der Waals surface area contributed by atoms with Gasteiger partial charge in [-0.1, -0.05) is 6.92 Å². The lowest BCUT2D eigenvalue weighted by atomic mass is 9.45. The molecule has 59 heavy (non-hydrogen) atoms. The molecule has 20 heteroatoms. The fourth-order valence-corrected chi connectivity index (χ4v) is 9.39. The minimum absolute atomic E-state index is 0.0606. The van der Waals surface area contributed by atoms with E-state index in [1.54, 1.807) is 0 Å². The third-order valence-corrected chi connectivity index (χ3v) is 12.0. The smallest absolute Gasteiger partial charge is 0.341 e. The Labute approximate surface area is 336 Å². The molecular weight excluding hydrogens is 786 g/mol. The number of hydrogen-bond acceptors (Lipinski definition) is 20. The van der Waals surface area contributed by atoms with Crippen molar-refractivity contribution in [1.82, 2.24) is 4.98 Å². The second kappa shape index (κ2) is 15.0. The van der Waals surface area contributed by atoms with Crippen LogP contribution in [0.15, 0.2) is 41.5 Å². The van der Waals surface area contributed by atoms with Crippen LogP contribution in [0.3, 0.4) is 0 Å². The molecule has 2 saturated carbocycles. The standard InChI is InChI=1S/C39H45NO19/c1-17-23-9-11-40-13-24(23)33(47)53-15-35(6)25-27(57-32(46)22-10-12-51-14-22)31(56-21(5)44)38(16-52-18(2)41)30(55-20(4)43)26(45)29(58-34(48)36(17,7)49)37(8,50)39(38,59-35)28(25)54-19(3)42/h9-14,17,25-31,45,49-50H,15-16H2,1-8H3/t17?,25-,26?,27?,28?,29+,30?,31?,35+,36?,37+,38?,39?/m1/s1. The van der Waals surface area contributed by atoms with Crippen molar-refractivity contribution in [2.45, 2.75) is 120 Å². The fraction of sp³-hybridized carbons (Fsp3) is 0.590. The Kier molecular flexibility index (Phi) is 11.0. The van der Waals surface area contributed by atoms with Crippen LogP contribution in [-0.4, -0.2) is 134 Å². The molecule has 4 bridgehead atoms. The first-order valence-corrected chi connectivity index (χ1v) is 18.5. The number of carbonyl (C=O) groups is 7. The fourth-order valence-electron chi connectivity index (χ4n) is 9.39. The van der Waals surface area contributed by atoms with E-state index in [0.29, 0.717) is 0 Å². The van der Waals surface area contributed by atoms with Crippen LogP contribution in [0.25, 0.3) is 0 Å². The number of hydrogen-bond donors (Lipinski definition) is 3. The van der Waals surface area contributed by atoms with Gasteiger partial charge in [-0.25, -0.2) is 14.4 Å². The molecule has 1 saturated heterocycles. The van der Waals surface area contributed by atoms with E-state index in [0.717, 1.165) is 60.3 Å². The molecule has 3 N–H and O–H groups in total. The Morgan fingerprint density at radius 1 is 0.881 bits per heavy atom. The number of aliphatic hydroxyl groups is 3. The van der Waals surface area contributed by atoms with E-state index < -0.39 is 131 Å². The van der Waals surface area contributed by atoms with Gasteiger partial charge in [-0.15, -0.1) is 0 Å². The predicted octanol–water partition coefficient (Wildman–Crippen LogP) is 0.465. The van der Waals surface area contributed by atoms with Crippen molar-refractivity contribution in [3.63, 3.8) is 0 Å². The number of nitrogens with zero attached hydrogens (tertiary/aromatic N) is 1. The SMILES string of the molecule is CC(=O)OCC12C(OC(C)=O)C(OC(=O)c3ccoc3)[C@@H]3C(OC(C)=O)C14O[C@@]3(C)COC(=O)c1cnccc1C(C)C(C)(O)C(=O)O[C@@H](C(O)C2OC(C)=O)[C@]4(C)O. The van der Waals surface area contributed by atoms with E-state index in [1.807, 2.05) is 0 Å². The number of ether oxygens (including phenoxy) is 8. The average Bonchev–Trinajstić information content (AvgIpc) is 3.76. The average molecular weight is 832 g/mol. The summed E-state index contributed by atoms with van der Waals surface area (Å²) in [5.41, 5.74) is -13.5. The summed E-state index contributed by atoms with van der Waals surface area (Å²) in [4.78, 5) is 98.8. The molecule has 320 valence electrons. The molecule has 2 aromatic heterocycles. The number of furan rings is 1. The van der Waals surface area contributed by atoms with Crippen LogP contribution in [0.1, 0.15) is 87.6 Å². The van der Waals surface area contributed by atoms with Gasteiger partial charge in [0.15, 0.2) is 23.4 Å². The molecule has 2 aromatic rings. The Hall–Kier alpha value is -5.44. The molecule has 20 nitrogen and oxygen atoms in total. The van der Waals surface area contributed by atoms with Crippen molar-refractivity contribution >= 4 is 41.8 Å². The van der Waals surface area contributed by atoms with Gasteiger partial charge in [-0.05, 0) is 38.5 Å². The maximum Gasteiger partial charge on any atom is 0.341 e. The maximum atomic E-state index is 14.3. The highest BCUT2D eigenvalue weighted by atomic mass is 16.7. The zero-order valence-electron chi connectivity index (χ0n) is 33.3. The molecule has 0 radical (unpaired) electrons. The number of esters is 7. The van der Waals surface area contributed by atoms with E-state index in [9.17, 15) is 48.9 Å². The molecule has 4 heterocycles. The maximum absolute atomic E-state index is 14.3.